The van der Waals surface area contributed by atoms with E-state index in [4.69, 9.17) is 19.0 Å². The van der Waals surface area contributed by atoms with Gasteiger partial charge in [-0.05, 0) is 18.8 Å². The molecular formula is C10H23NO3Si. The zero-order valence-electron chi connectivity index (χ0n) is 9.99. The fourth-order valence-corrected chi connectivity index (χ4v) is 3.03. The maximum Gasteiger partial charge on any atom is 0.498 e. The molecule has 4 nitrogen and oxygen atoms in total. The van der Waals surface area contributed by atoms with Crippen molar-refractivity contribution >= 4 is 8.80 Å². The van der Waals surface area contributed by atoms with Gasteiger partial charge in [0.2, 0.25) is 0 Å². The summed E-state index contributed by atoms with van der Waals surface area (Å²) in [6.45, 7) is 1.87. The molecule has 0 aromatic rings. The van der Waals surface area contributed by atoms with E-state index >= 15 is 0 Å². The Hall–Kier alpha value is 0.0569. The molecule has 1 unspecified atom stereocenters. The van der Waals surface area contributed by atoms with Crippen molar-refractivity contribution in [2.24, 2.45) is 11.7 Å². The molecule has 1 saturated carbocycles. The van der Waals surface area contributed by atoms with Crippen LogP contribution in [0.2, 0.25) is 6.55 Å². The largest absolute Gasteiger partial charge is 0.498 e. The van der Waals surface area contributed by atoms with E-state index in [0.717, 1.165) is 0 Å². The lowest BCUT2D eigenvalue weighted by molar-refractivity contribution is 0.0247. The number of rotatable bonds is 5. The van der Waals surface area contributed by atoms with E-state index in [2.05, 4.69) is 0 Å². The Balaban J connectivity index is 2.41. The van der Waals surface area contributed by atoms with Gasteiger partial charge in [0.05, 0.1) is 0 Å². The number of hydrogen-bond acceptors (Lipinski definition) is 4. The zero-order valence-corrected chi connectivity index (χ0v) is 11.0. The summed E-state index contributed by atoms with van der Waals surface area (Å²) in [5, 5.41) is 0. The van der Waals surface area contributed by atoms with Crippen molar-refractivity contribution in [1.29, 1.82) is 0 Å². The Labute approximate surface area is 93.4 Å². The molecule has 1 rings (SSSR count). The molecule has 0 bridgehead atoms. The van der Waals surface area contributed by atoms with Crippen LogP contribution < -0.4 is 5.73 Å². The molecule has 2 N–H and O–H groups in total. The van der Waals surface area contributed by atoms with Gasteiger partial charge in [-0.25, -0.2) is 0 Å². The van der Waals surface area contributed by atoms with Crippen LogP contribution in [0.3, 0.4) is 0 Å². The van der Waals surface area contributed by atoms with Crippen LogP contribution in [0, 0.1) is 5.92 Å². The first kappa shape index (κ1) is 13.1. The van der Waals surface area contributed by atoms with Crippen LogP contribution >= 0.6 is 0 Å². The van der Waals surface area contributed by atoms with E-state index in [1.165, 1.54) is 32.1 Å². The third-order valence-electron chi connectivity index (χ3n) is 3.21. The van der Waals surface area contributed by atoms with Crippen LogP contribution in [0.25, 0.3) is 0 Å². The van der Waals surface area contributed by atoms with Gasteiger partial charge in [0, 0.05) is 20.8 Å². The highest BCUT2D eigenvalue weighted by Crippen LogP contribution is 2.27. The minimum absolute atomic E-state index is 0.234. The molecule has 90 valence electrons. The van der Waals surface area contributed by atoms with Gasteiger partial charge in [0.1, 0.15) is 6.23 Å². The SMILES string of the molecule is CO[Si](C)(OC)OC(N)C1CCCCC1. The first-order valence-electron chi connectivity index (χ1n) is 5.65. The van der Waals surface area contributed by atoms with E-state index in [1.54, 1.807) is 14.2 Å². The highest BCUT2D eigenvalue weighted by atomic mass is 28.4. The molecule has 0 spiro atoms. The zero-order chi connectivity index (χ0) is 11.3. The van der Waals surface area contributed by atoms with Crippen LogP contribution in [0.15, 0.2) is 0 Å². The van der Waals surface area contributed by atoms with Gasteiger partial charge in [-0.1, -0.05) is 19.3 Å². The lowest BCUT2D eigenvalue weighted by Gasteiger charge is -2.32. The second kappa shape index (κ2) is 5.96. The average Bonchev–Trinajstić information content (AvgIpc) is 2.30. The van der Waals surface area contributed by atoms with Crippen LogP contribution in [-0.4, -0.2) is 29.3 Å². The monoisotopic (exact) mass is 233 g/mol. The maximum atomic E-state index is 6.04. The van der Waals surface area contributed by atoms with Gasteiger partial charge in [0.25, 0.3) is 0 Å². The molecule has 0 saturated heterocycles. The normalized spacial score (nSPS) is 21.6. The summed E-state index contributed by atoms with van der Waals surface area (Å²) in [6.07, 6.45) is 5.95. The molecule has 0 aromatic heterocycles. The van der Waals surface area contributed by atoms with Crippen LogP contribution in [0.5, 0.6) is 0 Å². The van der Waals surface area contributed by atoms with Crippen molar-refractivity contribution in [3.05, 3.63) is 0 Å². The van der Waals surface area contributed by atoms with E-state index in [9.17, 15) is 0 Å². The molecule has 15 heavy (non-hydrogen) atoms. The first-order chi connectivity index (χ1) is 7.11. The Morgan fingerprint density at radius 2 is 1.67 bits per heavy atom. The van der Waals surface area contributed by atoms with Gasteiger partial charge in [-0.2, -0.15) is 0 Å². The van der Waals surface area contributed by atoms with Gasteiger partial charge >= 0.3 is 8.80 Å². The molecule has 1 aliphatic rings. The van der Waals surface area contributed by atoms with Crippen molar-refractivity contribution in [2.75, 3.05) is 14.2 Å². The van der Waals surface area contributed by atoms with Crippen LogP contribution in [-0.2, 0) is 13.3 Å². The molecule has 5 heteroatoms. The average molecular weight is 233 g/mol. The molecule has 0 radical (unpaired) electrons. The van der Waals surface area contributed by atoms with Gasteiger partial charge in [0.15, 0.2) is 0 Å². The summed E-state index contributed by atoms with van der Waals surface area (Å²) in [5.41, 5.74) is 6.04. The second-order valence-electron chi connectivity index (χ2n) is 4.25. The summed E-state index contributed by atoms with van der Waals surface area (Å²) in [5.74, 6) is 0.468. The van der Waals surface area contributed by atoms with Gasteiger partial charge in [-0.3, -0.25) is 0 Å². The summed E-state index contributed by atoms with van der Waals surface area (Å²) in [7, 11) is 0.759. The van der Waals surface area contributed by atoms with E-state index in [1.807, 2.05) is 6.55 Å². The van der Waals surface area contributed by atoms with Gasteiger partial charge < -0.3 is 19.0 Å². The quantitative estimate of drug-likeness (QED) is 0.580. The molecule has 0 aliphatic heterocycles. The Bertz CT molecular complexity index is 182. The molecular weight excluding hydrogens is 210 g/mol. The summed E-state index contributed by atoms with van der Waals surface area (Å²) in [6, 6.07) is 0. The first-order valence-corrected chi connectivity index (χ1v) is 7.87. The maximum absolute atomic E-state index is 6.04. The third-order valence-corrected chi connectivity index (χ3v) is 5.39. The van der Waals surface area contributed by atoms with E-state index < -0.39 is 8.80 Å². The van der Waals surface area contributed by atoms with Crippen molar-refractivity contribution in [2.45, 2.75) is 44.9 Å². The second-order valence-corrected chi connectivity index (χ2v) is 7.03. The Morgan fingerprint density at radius 1 is 1.13 bits per heavy atom. The topological polar surface area (TPSA) is 53.7 Å². The lowest BCUT2D eigenvalue weighted by atomic mass is 9.88. The number of hydrogen-bond donors (Lipinski definition) is 1. The number of nitrogens with two attached hydrogens (primary N) is 1. The Kier molecular flexibility index (Phi) is 5.21. The van der Waals surface area contributed by atoms with E-state index in [-0.39, 0.29) is 6.23 Å². The minimum atomic E-state index is -2.47. The highest BCUT2D eigenvalue weighted by molar-refractivity contribution is 6.59. The third kappa shape index (κ3) is 3.84. The lowest BCUT2D eigenvalue weighted by Crippen LogP contribution is -2.49. The van der Waals surface area contributed by atoms with Crippen molar-refractivity contribution in [1.82, 2.24) is 0 Å². The predicted molar refractivity (Wildman–Crippen MR) is 61.3 cm³/mol. The highest BCUT2D eigenvalue weighted by Gasteiger charge is 2.36. The van der Waals surface area contributed by atoms with Crippen molar-refractivity contribution in [3.8, 4) is 0 Å². The molecule has 0 aromatic carbocycles. The van der Waals surface area contributed by atoms with Gasteiger partial charge in [-0.15, -0.1) is 0 Å². The van der Waals surface area contributed by atoms with Crippen molar-refractivity contribution in [3.63, 3.8) is 0 Å². The fourth-order valence-electron chi connectivity index (χ4n) is 1.99. The summed E-state index contributed by atoms with van der Waals surface area (Å²) < 4.78 is 16.3. The standard InChI is InChI=1S/C10H23NO3Si/c1-12-15(3,13-2)14-10(11)9-7-5-4-6-8-9/h9-10H,4-8,11H2,1-3H3. The molecule has 1 fully saturated rings. The molecule has 1 aliphatic carbocycles. The Morgan fingerprint density at radius 3 is 2.13 bits per heavy atom. The van der Waals surface area contributed by atoms with E-state index in [0.29, 0.717) is 5.92 Å². The van der Waals surface area contributed by atoms with Crippen LogP contribution in [0.1, 0.15) is 32.1 Å². The van der Waals surface area contributed by atoms with Crippen LogP contribution in [0.4, 0.5) is 0 Å². The minimum Gasteiger partial charge on any atom is -0.377 e. The molecule has 0 amide bonds. The smallest absolute Gasteiger partial charge is 0.377 e. The summed E-state index contributed by atoms with van der Waals surface area (Å²) in [4.78, 5) is 0. The predicted octanol–water partition coefficient (Wildman–Crippen LogP) is 1.73. The molecule has 1 atom stereocenters. The summed E-state index contributed by atoms with van der Waals surface area (Å²) >= 11 is 0. The fraction of sp³-hybridized carbons (Fsp3) is 1.00. The van der Waals surface area contributed by atoms with Crippen molar-refractivity contribution < 1.29 is 13.3 Å². The molecule has 0 heterocycles.